The molecule has 2 aromatic carbocycles. The Labute approximate surface area is 134 Å². The fraction of sp³-hybridized carbons (Fsp3) is 0.350. The molecule has 1 aromatic heterocycles. The van der Waals surface area contributed by atoms with Gasteiger partial charge in [0.05, 0.1) is 13.7 Å². The summed E-state index contributed by atoms with van der Waals surface area (Å²) in [4.78, 5) is 4.57. The molecule has 1 aliphatic carbocycles. The monoisotopic (exact) mass is 281 g/mol. The van der Waals surface area contributed by atoms with E-state index in [1.807, 2.05) is 0 Å². The lowest BCUT2D eigenvalue weighted by Gasteiger charge is -2.22. The Hall–Kier alpha value is -1.89. The highest BCUT2D eigenvalue weighted by atomic mass is 14.7. The normalized spacial score (nSPS) is 23.0. The summed E-state index contributed by atoms with van der Waals surface area (Å²) >= 11 is 0. The highest BCUT2D eigenvalue weighted by Crippen LogP contribution is 2.51. The Bertz CT molecular complexity index is 1160. The van der Waals surface area contributed by atoms with Gasteiger partial charge in [-0.1, -0.05) is 63.9 Å². The number of aromatic nitrogens is 1. The van der Waals surface area contributed by atoms with Gasteiger partial charge in [-0.05, 0) is 33.8 Å². The van der Waals surface area contributed by atoms with E-state index in [1.165, 1.54) is 0 Å². The smallest absolute Gasteiger partial charge is 0.0783 e. The van der Waals surface area contributed by atoms with E-state index in [9.17, 15) is 0 Å². The summed E-state index contributed by atoms with van der Waals surface area (Å²) in [5.41, 5.74) is 2.08. The SMILES string of the molecule is [2H]c1c([2H])c([2H])c2c(c1[2H])c([2H])c([2H])c1c3c(cnc12)C(C)(C)CC3(C)C. The van der Waals surface area contributed by atoms with Crippen LogP contribution in [0, 0.1) is 0 Å². The molecule has 0 spiro atoms. The molecule has 1 heteroatoms. The molecule has 4 rings (SSSR count). The van der Waals surface area contributed by atoms with Crippen LogP contribution in [0.4, 0.5) is 0 Å². The molecule has 3 aromatic rings. The summed E-state index contributed by atoms with van der Waals surface area (Å²) in [6.45, 7) is 8.53. The van der Waals surface area contributed by atoms with Crippen LogP contribution in [0.15, 0.2) is 42.5 Å². The van der Waals surface area contributed by atoms with Crippen LogP contribution in [0.25, 0.3) is 21.7 Å². The molecule has 0 aliphatic heterocycles. The maximum Gasteiger partial charge on any atom is 0.0783 e. The third-order valence-electron chi connectivity index (χ3n) is 4.61. The topological polar surface area (TPSA) is 12.9 Å². The molecule has 1 aliphatic rings. The van der Waals surface area contributed by atoms with Gasteiger partial charge in [0.2, 0.25) is 0 Å². The van der Waals surface area contributed by atoms with E-state index >= 15 is 0 Å². The molecule has 0 saturated carbocycles. The van der Waals surface area contributed by atoms with E-state index in [-0.39, 0.29) is 57.9 Å². The van der Waals surface area contributed by atoms with E-state index in [4.69, 9.17) is 8.22 Å². The summed E-state index contributed by atoms with van der Waals surface area (Å²) < 4.78 is 49.7. The van der Waals surface area contributed by atoms with Crippen LogP contribution in [0.3, 0.4) is 0 Å². The van der Waals surface area contributed by atoms with Gasteiger partial charge in [0.25, 0.3) is 0 Å². The van der Waals surface area contributed by atoms with Crippen molar-refractivity contribution in [3.8, 4) is 0 Å². The molecule has 0 fully saturated rings. The first-order valence-electron chi connectivity index (χ1n) is 10.2. The molecule has 0 unspecified atom stereocenters. The summed E-state index contributed by atoms with van der Waals surface area (Å²) in [6, 6.07) is -1.40. The predicted octanol–water partition coefficient (Wildman–Crippen LogP) is 5.35. The second kappa shape index (κ2) is 3.85. The van der Waals surface area contributed by atoms with E-state index in [0.29, 0.717) is 10.9 Å². The predicted molar refractivity (Wildman–Crippen MR) is 89.9 cm³/mol. The molecule has 0 radical (unpaired) electrons. The molecule has 0 bridgehead atoms. The molecule has 0 atom stereocenters. The van der Waals surface area contributed by atoms with E-state index in [0.717, 1.165) is 17.5 Å². The number of hydrogen-bond acceptors (Lipinski definition) is 1. The van der Waals surface area contributed by atoms with Crippen molar-refractivity contribution in [3.63, 3.8) is 0 Å². The first-order valence-corrected chi connectivity index (χ1v) is 7.23. The van der Waals surface area contributed by atoms with Crippen LogP contribution >= 0.6 is 0 Å². The zero-order valence-corrected chi connectivity index (χ0v) is 12.7. The molecular formula is C20H21N. The highest BCUT2D eigenvalue weighted by molar-refractivity contribution is 6.06. The Morgan fingerprint density at radius 1 is 0.952 bits per heavy atom. The van der Waals surface area contributed by atoms with Gasteiger partial charge in [-0.15, -0.1) is 0 Å². The number of benzene rings is 2. The molecule has 1 heterocycles. The second-order valence-electron chi connectivity index (χ2n) is 7.22. The number of fused-ring (bicyclic) bond motifs is 5. The van der Waals surface area contributed by atoms with E-state index < -0.39 is 0 Å². The van der Waals surface area contributed by atoms with Gasteiger partial charge in [0.15, 0.2) is 0 Å². The number of pyridine rings is 1. The summed E-state index contributed by atoms with van der Waals surface area (Å²) in [5, 5.41) is 0.854. The second-order valence-corrected chi connectivity index (χ2v) is 7.22. The fourth-order valence-electron chi connectivity index (χ4n) is 4.04. The Kier molecular flexibility index (Phi) is 1.45. The molecular weight excluding hydrogens is 254 g/mol. The van der Waals surface area contributed by atoms with Crippen molar-refractivity contribution in [2.75, 3.05) is 0 Å². The first-order chi connectivity index (χ1) is 12.4. The van der Waals surface area contributed by atoms with Crippen molar-refractivity contribution in [2.24, 2.45) is 0 Å². The summed E-state index contributed by atoms with van der Waals surface area (Å²) in [5.74, 6) is 0. The van der Waals surface area contributed by atoms with Crippen molar-refractivity contribution >= 4 is 21.7 Å². The van der Waals surface area contributed by atoms with Crippen molar-refractivity contribution in [2.45, 2.75) is 44.9 Å². The summed E-state index contributed by atoms with van der Waals surface area (Å²) in [7, 11) is 0. The third-order valence-corrected chi connectivity index (χ3v) is 4.61. The quantitative estimate of drug-likeness (QED) is 0.506. The molecule has 0 N–H and O–H groups in total. The minimum Gasteiger partial charge on any atom is -0.255 e. The van der Waals surface area contributed by atoms with Crippen LogP contribution < -0.4 is 0 Å². The number of nitrogens with zero attached hydrogens (tertiary/aromatic N) is 1. The van der Waals surface area contributed by atoms with Gasteiger partial charge in [0, 0.05) is 17.0 Å². The Morgan fingerprint density at radius 2 is 1.71 bits per heavy atom. The Balaban J connectivity index is 2.36. The van der Waals surface area contributed by atoms with E-state index in [1.54, 1.807) is 6.20 Å². The fourth-order valence-corrected chi connectivity index (χ4v) is 4.04. The van der Waals surface area contributed by atoms with Gasteiger partial charge in [-0.2, -0.15) is 0 Å². The van der Waals surface area contributed by atoms with Crippen LogP contribution in [-0.4, -0.2) is 4.98 Å². The highest BCUT2D eigenvalue weighted by Gasteiger charge is 2.43. The maximum atomic E-state index is 8.66. The van der Waals surface area contributed by atoms with Crippen molar-refractivity contribution < 1.29 is 8.22 Å². The molecule has 21 heavy (non-hydrogen) atoms. The average molecular weight is 281 g/mol. The van der Waals surface area contributed by atoms with Gasteiger partial charge in [0.1, 0.15) is 0 Å². The van der Waals surface area contributed by atoms with Crippen LogP contribution in [-0.2, 0) is 10.8 Å². The van der Waals surface area contributed by atoms with Crippen LogP contribution in [0.1, 0.15) is 53.5 Å². The molecule has 106 valence electrons. The van der Waals surface area contributed by atoms with Crippen molar-refractivity contribution in [1.29, 1.82) is 0 Å². The van der Waals surface area contributed by atoms with Crippen LogP contribution in [0.5, 0.6) is 0 Å². The Morgan fingerprint density at radius 3 is 2.52 bits per heavy atom. The first kappa shape index (κ1) is 7.93. The third kappa shape index (κ3) is 1.67. The van der Waals surface area contributed by atoms with Crippen LogP contribution in [0.2, 0.25) is 0 Å². The zero-order chi connectivity index (χ0) is 20.0. The largest absolute Gasteiger partial charge is 0.255 e. The standard InChI is InChI=1S/C20H21N/c1-19(2)12-20(3,4)17-15-10-9-13-7-5-6-8-14(13)18(15)21-11-16(17)19/h5-11H,12H2,1-4H3/i5D,6D,7D,8D,9D,10D. The number of hydrogen-bond donors (Lipinski definition) is 0. The minimum absolute atomic E-state index is 0.0161. The minimum atomic E-state index is -0.387. The molecule has 0 amide bonds. The van der Waals surface area contributed by atoms with Crippen molar-refractivity contribution in [3.05, 3.63) is 53.6 Å². The van der Waals surface area contributed by atoms with Crippen molar-refractivity contribution in [1.82, 2.24) is 4.98 Å². The lowest BCUT2D eigenvalue weighted by Crippen LogP contribution is -2.18. The average Bonchev–Trinajstić information content (AvgIpc) is 2.78. The van der Waals surface area contributed by atoms with Gasteiger partial charge in [-0.3, -0.25) is 4.98 Å². The summed E-state index contributed by atoms with van der Waals surface area (Å²) in [6.07, 6.45) is 2.67. The van der Waals surface area contributed by atoms with Gasteiger partial charge >= 0.3 is 0 Å². The maximum absolute atomic E-state index is 8.66. The zero-order valence-electron chi connectivity index (χ0n) is 18.7. The molecule has 1 nitrogen and oxygen atoms in total. The van der Waals surface area contributed by atoms with Gasteiger partial charge < -0.3 is 0 Å². The lowest BCUT2D eigenvalue weighted by molar-refractivity contribution is 0.404. The molecule has 0 saturated heterocycles. The van der Waals surface area contributed by atoms with E-state index in [2.05, 4.69) is 32.7 Å². The van der Waals surface area contributed by atoms with Gasteiger partial charge in [-0.25, -0.2) is 0 Å². The number of rotatable bonds is 0. The lowest BCUT2D eigenvalue weighted by atomic mass is 9.81.